The van der Waals surface area contributed by atoms with Crippen LogP contribution in [0.15, 0.2) is 47.4 Å². The molecule has 0 aromatic heterocycles. The normalized spacial score (nSPS) is 10.4. The molecule has 0 radical (unpaired) electrons. The van der Waals surface area contributed by atoms with Crippen LogP contribution in [0.1, 0.15) is 11.1 Å². The predicted octanol–water partition coefficient (Wildman–Crippen LogP) is 4.05. The number of Topliss-reactive ketones (excluding diaryl/α,β-unsaturated/α-hetero) is 1. The molecular weight excluding hydrogens is 287 g/mol. The highest BCUT2D eigenvalue weighted by atomic mass is 32.2. The van der Waals surface area contributed by atoms with Crippen molar-refractivity contribution >= 4 is 17.5 Å². The van der Waals surface area contributed by atoms with Crippen LogP contribution in [0.5, 0.6) is 5.75 Å². The van der Waals surface area contributed by atoms with Gasteiger partial charge in [-0.15, -0.1) is 11.8 Å². The molecule has 0 saturated heterocycles. The molecule has 0 aliphatic heterocycles. The van der Waals surface area contributed by atoms with E-state index in [2.05, 4.69) is 0 Å². The van der Waals surface area contributed by atoms with E-state index in [1.165, 1.54) is 23.9 Å². The van der Waals surface area contributed by atoms with Crippen LogP contribution in [0.25, 0.3) is 0 Å². The Kier molecular flexibility index (Phi) is 5.39. The van der Waals surface area contributed by atoms with Gasteiger partial charge in [-0.3, -0.25) is 4.79 Å². The van der Waals surface area contributed by atoms with Crippen LogP contribution in [-0.2, 0) is 11.2 Å². The molecule has 2 aromatic rings. The van der Waals surface area contributed by atoms with Crippen LogP contribution in [0, 0.1) is 12.7 Å². The average molecular weight is 304 g/mol. The second-order valence-corrected chi connectivity index (χ2v) is 5.82. The smallest absolute Gasteiger partial charge is 0.147 e. The summed E-state index contributed by atoms with van der Waals surface area (Å²) < 4.78 is 18.1. The molecule has 0 saturated carbocycles. The number of aryl methyl sites for hydroxylation is 1. The van der Waals surface area contributed by atoms with Gasteiger partial charge in [0.25, 0.3) is 0 Å². The standard InChI is InChI=1S/C17H17FO2S/c1-12-3-8-17(20-2)13(9-12)10-15(19)11-21-16-6-4-14(18)5-7-16/h3-9H,10-11H2,1-2H3. The SMILES string of the molecule is COc1ccc(C)cc1CC(=O)CSc1ccc(F)cc1. The summed E-state index contributed by atoms with van der Waals surface area (Å²) in [6.45, 7) is 1.99. The topological polar surface area (TPSA) is 26.3 Å². The first-order valence-electron chi connectivity index (χ1n) is 6.62. The number of carbonyl (C=O) groups excluding carboxylic acids is 1. The monoisotopic (exact) mass is 304 g/mol. The van der Waals surface area contributed by atoms with Crippen LogP contribution < -0.4 is 4.74 Å². The molecule has 0 bridgehead atoms. The van der Waals surface area contributed by atoms with Crippen molar-refractivity contribution in [3.8, 4) is 5.75 Å². The van der Waals surface area contributed by atoms with Crippen molar-refractivity contribution < 1.29 is 13.9 Å². The van der Waals surface area contributed by atoms with E-state index < -0.39 is 0 Å². The molecule has 0 atom stereocenters. The quantitative estimate of drug-likeness (QED) is 0.753. The molecule has 0 fully saturated rings. The number of ketones is 1. The zero-order chi connectivity index (χ0) is 15.2. The summed E-state index contributed by atoms with van der Waals surface area (Å²) in [6.07, 6.45) is 0.346. The van der Waals surface area contributed by atoms with Crippen molar-refractivity contribution in [2.45, 2.75) is 18.2 Å². The lowest BCUT2D eigenvalue weighted by Gasteiger charge is -2.09. The van der Waals surface area contributed by atoms with E-state index in [-0.39, 0.29) is 11.6 Å². The fourth-order valence-corrected chi connectivity index (χ4v) is 2.76. The van der Waals surface area contributed by atoms with Gasteiger partial charge in [-0.1, -0.05) is 17.7 Å². The van der Waals surface area contributed by atoms with Crippen molar-refractivity contribution in [1.82, 2.24) is 0 Å². The average Bonchev–Trinajstić information content (AvgIpc) is 2.47. The van der Waals surface area contributed by atoms with Crippen LogP contribution in [0.3, 0.4) is 0 Å². The Morgan fingerprint density at radius 3 is 2.57 bits per heavy atom. The molecule has 110 valence electrons. The van der Waals surface area contributed by atoms with Crippen molar-refractivity contribution in [3.05, 3.63) is 59.4 Å². The van der Waals surface area contributed by atoms with Gasteiger partial charge >= 0.3 is 0 Å². The molecule has 0 unspecified atom stereocenters. The maximum absolute atomic E-state index is 12.8. The van der Waals surface area contributed by atoms with Gasteiger partial charge in [0, 0.05) is 16.9 Å². The molecule has 0 spiro atoms. The number of carbonyl (C=O) groups is 1. The molecule has 2 nitrogen and oxygen atoms in total. The first kappa shape index (κ1) is 15.6. The number of hydrogen-bond donors (Lipinski definition) is 0. The molecular formula is C17H17FO2S. The number of thioether (sulfide) groups is 1. The van der Waals surface area contributed by atoms with Gasteiger partial charge in [-0.05, 0) is 37.3 Å². The van der Waals surface area contributed by atoms with E-state index in [1.807, 2.05) is 25.1 Å². The third kappa shape index (κ3) is 4.60. The third-order valence-electron chi connectivity index (χ3n) is 3.04. The summed E-state index contributed by atoms with van der Waals surface area (Å²) in [6, 6.07) is 12.0. The molecule has 2 aromatic carbocycles. The van der Waals surface area contributed by atoms with Crippen molar-refractivity contribution in [3.63, 3.8) is 0 Å². The summed E-state index contributed by atoms with van der Waals surface area (Å²) in [5.41, 5.74) is 2.01. The highest BCUT2D eigenvalue weighted by molar-refractivity contribution is 8.00. The molecule has 0 amide bonds. The van der Waals surface area contributed by atoms with Crippen LogP contribution >= 0.6 is 11.8 Å². The number of hydrogen-bond acceptors (Lipinski definition) is 3. The van der Waals surface area contributed by atoms with E-state index in [9.17, 15) is 9.18 Å². The number of methoxy groups -OCH3 is 1. The second kappa shape index (κ2) is 7.27. The molecule has 0 N–H and O–H groups in total. The highest BCUT2D eigenvalue weighted by Crippen LogP contribution is 2.22. The van der Waals surface area contributed by atoms with Crippen molar-refractivity contribution in [1.29, 1.82) is 0 Å². The fraction of sp³-hybridized carbons (Fsp3) is 0.235. The maximum atomic E-state index is 12.8. The summed E-state index contributed by atoms with van der Waals surface area (Å²) >= 11 is 1.42. The van der Waals surface area contributed by atoms with Gasteiger partial charge in [-0.25, -0.2) is 4.39 Å². The second-order valence-electron chi connectivity index (χ2n) is 4.77. The Balaban J connectivity index is 1.95. The summed E-state index contributed by atoms with van der Waals surface area (Å²) in [5.74, 6) is 0.951. The van der Waals surface area contributed by atoms with Gasteiger partial charge in [0.15, 0.2) is 0 Å². The zero-order valence-corrected chi connectivity index (χ0v) is 12.9. The van der Waals surface area contributed by atoms with Gasteiger partial charge in [0.2, 0.25) is 0 Å². The van der Waals surface area contributed by atoms with Crippen molar-refractivity contribution in [2.24, 2.45) is 0 Å². The number of ether oxygens (including phenoxy) is 1. The molecule has 0 heterocycles. The Morgan fingerprint density at radius 2 is 1.90 bits per heavy atom. The van der Waals surface area contributed by atoms with Crippen LogP contribution in [-0.4, -0.2) is 18.6 Å². The number of rotatable bonds is 6. The molecule has 0 aliphatic carbocycles. The van der Waals surface area contributed by atoms with Crippen LogP contribution in [0.2, 0.25) is 0 Å². The Hall–Kier alpha value is -1.81. The predicted molar refractivity (Wildman–Crippen MR) is 83.6 cm³/mol. The fourth-order valence-electron chi connectivity index (χ4n) is 2.00. The van der Waals surface area contributed by atoms with Gasteiger partial charge in [-0.2, -0.15) is 0 Å². The Bertz CT molecular complexity index is 623. The third-order valence-corrected chi connectivity index (χ3v) is 4.11. The molecule has 4 heteroatoms. The molecule has 21 heavy (non-hydrogen) atoms. The Morgan fingerprint density at radius 1 is 1.19 bits per heavy atom. The first-order chi connectivity index (χ1) is 10.1. The minimum Gasteiger partial charge on any atom is -0.496 e. The lowest BCUT2D eigenvalue weighted by atomic mass is 10.1. The minimum atomic E-state index is -0.268. The lowest BCUT2D eigenvalue weighted by Crippen LogP contribution is -2.07. The summed E-state index contributed by atoms with van der Waals surface area (Å²) in [7, 11) is 1.60. The number of halogens is 1. The van der Waals surface area contributed by atoms with E-state index in [0.717, 1.165) is 21.8 Å². The van der Waals surface area contributed by atoms with Gasteiger partial charge in [0.05, 0.1) is 12.9 Å². The first-order valence-corrected chi connectivity index (χ1v) is 7.60. The lowest BCUT2D eigenvalue weighted by molar-refractivity contribution is -0.116. The van der Waals surface area contributed by atoms with Crippen molar-refractivity contribution in [2.75, 3.05) is 12.9 Å². The Labute approximate surface area is 128 Å². The largest absolute Gasteiger partial charge is 0.496 e. The van der Waals surface area contributed by atoms with E-state index >= 15 is 0 Å². The van der Waals surface area contributed by atoms with E-state index in [0.29, 0.717) is 12.2 Å². The summed E-state index contributed by atoms with van der Waals surface area (Å²) in [4.78, 5) is 13.0. The van der Waals surface area contributed by atoms with Gasteiger partial charge in [0.1, 0.15) is 17.3 Å². The number of benzene rings is 2. The minimum absolute atomic E-state index is 0.119. The highest BCUT2D eigenvalue weighted by Gasteiger charge is 2.10. The zero-order valence-electron chi connectivity index (χ0n) is 12.1. The maximum Gasteiger partial charge on any atom is 0.147 e. The van der Waals surface area contributed by atoms with E-state index in [1.54, 1.807) is 19.2 Å². The molecule has 2 rings (SSSR count). The van der Waals surface area contributed by atoms with Crippen LogP contribution in [0.4, 0.5) is 4.39 Å². The summed E-state index contributed by atoms with van der Waals surface area (Å²) in [5, 5.41) is 0. The van der Waals surface area contributed by atoms with E-state index in [4.69, 9.17) is 4.74 Å². The molecule has 0 aliphatic rings. The van der Waals surface area contributed by atoms with Gasteiger partial charge < -0.3 is 4.74 Å².